The third kappa shape index (κ3) is 4.53. The van der Waals surface area contributed by atoms with E-state index in [9.17, 15) is 4.79 Å². The number of anilines is 1. The van der Waals surface area contributed by atoms with Crippen molar-refractivity contribution in [3.63, 3.8) is 0 Å². The van der Waals surface area contributed by atoms with Gasteiger partial charge >= 0.3 is 0 Å². The molecule has 0 radical (unpaired) electrons. The Hall–Kier alpha value is -3.42. The Morgan fingerprint density at radius 3 is 2.62 bits per heavy atom. The number of thiocarbonyl (C=S) groups is 1. The van der Waals surface area contributed by atoms with Crippen molar-refractivity contribution < 1.29 is 13.9 Å². The summed E-state index contributed by atoms with van der Waals surface area (Å²) in [5, 5.41) is 6.53. The fourth-order valence-corrected chi connectivity index (χ4v) is 3.05. The summed E-state index contributed by atoms with van der Waals surface area (Å²) < 4.78 is 11.3. The number of furan rings is 1. The fourth-order valence-electron chi connectivity index (χ4n) is 2.63. The van der Waals surface area contributed by atoms with Crippen molar-refractivity contribution in [1.29, 1.82) is 0 Å². The van der Waals surface area contributed by atoms with E-state index in [2.05, 4.69) is 15.6 Å². The van der Waals surface area contributed by atoms with Crippen LogP contribution in [0.5, 0.6) is 11.5 Å². The van der Waals surface area contributed by atoms with E-state index in [1.165, 1.54) is 0 Å². The van der Waals surface area contributed by atoms with Crippen LogP contribution < -0.4 is 15.4 Å². The normalized spacial score (nSPS) is 10.5. The number of ether oxygens (including phenoxy) is 1. The Morgan fingerprint density at radius 2 is 1.83 bits per heavy atom. The van der Waals surface area contributed by atoms with Crippen LogP contribution in [0.2, 0.25) is 5.15 Å². The molecule has 2 heterocycles. The van der Waals surface area contributed by atoms with Gasteiger partial charge < -0.3 is 14.5 Å². The highest BCUT2D eigenvalue weighted by Crippen LogP contribution is 2.25. The van der Waals surface area contributed by atoms with Crippen LogP contribution >= 0.6 is 23.8 Å². The largest absolute Gasteiger partial charge is 0.457 e. The van der Waals surface area contributed by atoms with E-state index in [0.29, 0.717) is 22.4 Å². The summed E-state index contributed by atoms with van der Waals surface area (Å²) >= 11 is 11.2. The number of carbonyl (C=O) groups is 1. The second-order valence-corrected chi connectivity index (χ2v) is 6.75. The molecule has 0 saturated carbocycles. The van der Waals surface area contributed by atoms with Crippen molar-refractivity contribution in [2.75, 3.05) is 5.32 Å². The number of nitrogens with zero attached hydrogens (tertiary/aromatic N) is 1. The first-order valence-electron chi connectivity index (χ1n) is 8.58. The summed E-state index contributed by atoms with van der Waals surface area (Å²) in [6, 6.07) is 19.9. The molecular weight excluding hydrogens is 410 g/mol. The lowest BCUT2D eigenvalue weighted by atomic mass is 10.3. The molecule has 2 aromatic heterocycles. The number of nitrogens with one attached hydrogen (secondary N) is 2. The molecule has 0 fully saturated rings. The first-order chi connectivity index (χ1) is 14.1. The number of hydrogen-bond acceptors (Lipinski definition) is 5. The minimum absolute atomic E-state index is 0.0835. The second kappa shape index (κ2) is 8.30. The Kier molecular flexibility index (Phi) is 5.41. The maximum atomic E-state index is 12.4. The average molecular weight is 424 g/mol. The van der Waals surface area contributed by atoms with Gasteiger partial charge in [-0.25, -0.2) is 4.98 Å². The Bertz CT molecular complexity index is 1190. The highest BCUT2D eigenvalue weighted by Gasteiger charge is 2.15. The molecule has 4 aromatic rings. The van der Waals surface area contributed by atoms with Crippen molar-refractivity contribution >= 4 is 51.5 Å². The first-order valence-corrected chi connectivity index (χ1v) is 9.36. The van der Waals surface area contributed by atoms with Crippen molar-refractivity contribution in [2.24, 2.45) is 0 Å². The van der Waals surface area contributed by atoms with Gasteiger partial charge in [-0.2, -0.15) is 0 Å². The number of halogens is 1. The van der Waals surface area contributed by atoms with Crippen LogP contribution in [0.25, 0.3) is 11.0 Å². The predicted molar refractivity (Wildman–Crippen MR) is 116 cm³/mol. The molecule has 144 valence electrons. The predicted octanol–water partition coefficient (Wildman–Crippen LogP) is 5.40. The van der Waals surface area contributed by atoms with E-state index in [4.69, 9.17) is 33.0 Å². The van der Waals surface area contributed by atoms with Gasteiger partial charge in [-0.1, -0.05) is 35.9 Å². The molecule has 0 aliphatic carbocycles. The summed E-state index contributed by atoms with van der Waals surface area (Å²) in [7, 11) is 0. The smallest absolute Gasteiger partial charge is 0.293 e. The van der Waals surface area contributed by atoms with E-state index >= 15 is 0 Å². The van der Waals surface area contributed by atoms with Crippen LogP contribution in [0.4, 0.5) is 5.69 Å². The quantitative estimate of drug-likeness (QED) is 0.338. The average Bonchev–Trinajstić information content (AvgIpc) is 3.15. The van der Waals surface area contributed by atoms with E-state index in [0.717, 1.165) is 5.75 Å². The molecule has 0 aliphatic rings. The summed E-state index contributed by atoms with van der Waals surface area (Å²) in [5.41, 5.74) is 1.02. The number of hydrogen-bond donors (Lipinski definition) is 2. The van der Waals surface area contributed by atoms with E-state index in [-0.39, 0.29) is 16.0 Å². The molecular formula is C21H14ClN3O3S. The number of pyridine rings is 1. The SMILES string of the molecule is O=C(NC(=S)Nc1cccc(Oc2ccccc2)c1)c1cc2ccnc(Cl)c2o1. The van der Waals surface area contributed by atoms with Crippen LogP contribution in [0, 0.1) is 0 Å². The van der Waals surface area contributed by atoms with Gasteiger partial charge in [0.1, 0.15) is 11.5 Å². The molecule has 8 heteroatoms. The number of fused-ring (bicyclic) bond motifs is 1. The van der Waals surface area contributed by atoms with Gasteiger partial charge in [0.15, 0.2) is 21.6 Å². The summed E-state index contributed by atoms with van der Waals surface area (Å²) in [6.07, 6.45) is 1.54. The van der Waals surface area contributed by atoms with Crippen molar-refractivity contribution in [1.82, 2.24) is 10.3 Å². The van der Waals surface area contributed by atoms with Gasteiger partial charge in [-0.15, -0.1) is 0 Å². The van der Waals surface area contributed by atoms with Crippen LogP contribution in [0.1, 0.15) is 10.6 Å². The molecule has 1 amide bonds. The van der Waals surface area contributed by atoms with Gasteiger partial charge in [0.05, 0.1) is 0 Å². The summed E-state index contributed by atoms with van der Waals surface area (Å²) in [4.78, 5) is 16.3. The maximum Gasteiger partial charge on any atom is 0.293 e. The van der Waals surface area contributed by atoms with E-state index < -0.39 is 5.91 Å². The van der Waals surface area contributed by atoms with Crippen LogP contribution in [-0.4, -0.2) is 16.0 Å². The number of benzene rings is 2. The van der Waals surface area contributed by atoms with E-state index in [1.54, 1.807) is 24.4 Å². The van der Waals surface area contributed by atoms with Gasteiger partial charge in [0.25, 0.3) is 5.91 Å². The molecule has 0 aliphatic heterocycles. The zero-order valence-corrected chi connectivity index (χ0v) is 16.5. The molecule has 4 rings (SSSR count). The molecule has 6 nitrogen and oxygen atoms in total. The number of carbonyl (C=O) groups excluding carboxylic acids is 1. The minimum Gasteiger partial charge on any atom is -0.457 e. The number of amides is 1. The van der Waals surface area contributed by atoms with Crippen LogP contribution in [0.3, 0.4) is 0 Å². The monoisotopic (exact) mass is 423 g/mol. The van der Waals surface area contributed by atoms with Gasteiger partial charge in [0.2, 0.25) is 0 Å². The van der Waals surface area contributed by atoms with Crippen molar-refractivity contribution in [3.8, 4) is 11.5 Å². The zero-order chi connectivity index (χ0) is 20.2. The third-order valence-electron chi connectivity index (χ3n) is 3.91. The highest BCUT2D eigenvalue weighted by atomic mass is 35.5. The Balaban J connectivity index is 1.42. The molecule has 0 spiro atoms. The van der Waals surface area contributed by atoms with Crippen LogP contribution in [0.15, 0.2) is 77.3 Å². The minimum atomic E-state index is -0.494. The zero-order valence-electron chi connectivity index (χ0n) is 14.9. The third-order valence-corrected chi connectivity index (χ3v) is 4.39. The van der Waals surface area contributed by atoms with Gasteiger partial charge in [-0.3, -0.25) is 10.1 Å². The highest BCUT2D eigenvalue weighted by molar-refractivity contribution is 7.80. The number of rotatable bonds is 4. The molecule has 0 unspecified atom stereocenters. The number of para-hydroxylation sites is 1. The van der Waals surface area contributed by atoms with Crippen molar-refractivity contribution in [3.05, 3.63) is 83.8 Å². The molecule has 2 aromatic carbocycles. The lowest BCUT2D eigenvalue weighted by Gasteiger charge is -2.10. The topological polar surface area (TPSA) is 76.4 Å². The second-order valence-electron chi connectivity index (χ2n) is 5.98. The standard InChI is InChI=1S/C21H14ClN3O3S/c22-19-18-13(9-10-23-19)11-17(28-18)20(26)25-21(29)24-14-5-4-8-16(12-14)27-15-6-2-1-3-7-15/h1-12H,(H2,24,25,26,29). The summed E-state index contributed by atoms with van der Waals surface area (Å²) in [6.45, 7) is 0. The molecule has 0 saturated heterocycles. The van der Waals surface area contributed by atoms with Gasteiger partial charge in [0, 0.05) is 23.3 Å². The number of aromatic nitrogens is 1. The lowest BCUT2D eigenvalue weighted by Crippen LogP contribution is -2.33. The molecule has 0 bridgehead atoms. The summed E-state index contributed by atoms with van der Waals surface area (Å²) in [5.74, 6) is 0.944. The molecule has 0 atom stereocenters. The molecule has 29 heavy (non-hydrogen) atoms. The Morgan fingerprint density at radius 1 is 1.03 bits per heavy atom. The fraction of sp³-hybridized carbons (Fsp3) is 0. The lowest BCUT2D eigenvalue weighted by molar-refractivity contribution is 0.0953. The van der Waals surface area contributed by atoms with E-state index in [1.807, 2.05) is 48.5 Å². The van der Waals surface area contributed by atoms with Gasteiger partial charge in [-0.05, 0) is 48.6 Å². The Labute approximate surface area is 176 Å². The first kappa shape index (κ1) is 18.9. The van der Waals surface area contributed by atoms with Crippen LogP contribution in [-0.2, 0) is 0 Å². The van der Waals surface area contributed by atoms with Crippen molar-refractivity contribution in [2.45, 2.75) is 0 Å². The maximum absolute atomic E-state index is 12.4. The molecule has 2 N–H and O–H groups in total.